The Morgan fingerprint density at radius 1 is 1.39 bits per heavy atom. The summed E-state index contributed by atoms with van der Waals surface area (Å²) in [5, 5.41) is 8.15. The van der Waals surface area contributed by atoms with Gasteiger partial charge in [0.1, 0.15) is 0 Å². The second kappa shape index (κ2) is 5.74. The van der Waals surface area contributed by atoms with Gasteiger partial charge in [-0.05, 0) is 52.2 Å². The standard InChI is InChI=1S/C14H26N4/c1-5-13-14(10-18(4)16-13)15-11(2)12-6-8-17(3)9-7-12/h10-12,15H,5-9H2,1-4H3. The molecule has 0 spiro atoms. The van der Waals surface area contributed by atoms with Crippen LogP contribution in [0.5, 0.6) is 0 Å². The molecule has 0 amide bonds. The lowest BCUT2D eigenvalue weighted by Gasteiger charge is -2.33. The fourth-order valence-electron chi connectivity index (χ4n) is 2.81. The van der Waals surface area contributed by atoms with Crippen LogP contribution in [0.2, 0.25) is 0 Å². The molecule has 1 aliphatic heterocycles. The Balaban J connectivity index is 1.95. The summed E-state index contributed by atoms with van der Waals surface area (Å²) in [6.07, 6.45) is 5.69. The van der Waals surface area contributed by atoms with Crippen LogP contribution in [0, 0.1) is 5.92 Å². The molecule has 1 unspecified atom stereocenters. The van der Waals surface area contributed by atoms with Crippen LogP contribution in [0.25, 0.3) is 0 Å². The van der Waals surface area contributed by atoms with E-state index < -0.39 is 0 Å². The maximum absolute atomic E-state index is 4.49. The monoisotopic (exact) mass is 250 g/mol. The van der Waals surface area contributed by atoms with E-state index in [9.17, 15) is 0 Å². The van der Waals surface area contributed by atoms with E-state index in [0.717, 1.165) is 12.3 Å². The summed E-state index contributed by atoms with van der Waals surface area (Å²) in [5.74, 6) is 0.783. The summed E-state index contributed by atoms with van der Waals surface area (Å²) in [6, 6.07) is 0.535. The Bertz CT molecular complexity index is 377. The maximum Gasteiger partial charge on any atom is 0.0853 e. The van der Waals surface area contributed by atoms with E-state index >= 15 is 0 Å². The van der Waals surface area contributed by atoms with Crippen LogP contribution in [0.1, 0.15) is 32.4 Å². The van der Waals surface area contributed by atoms with E-state index in [2.05, 4.69) is 42.4 Å². The summed E-state index contributed by atoms with van der Waals surface area (Å²) >= 11 is 0. The van der Waals surface area contributed by atoms with E-state index in [1.165, 1.54) is 37.3 Å². The van der Waals surface area contributed by atoms with Crippen molar-refractivity contribution < 1.29 is 0 Å². The third-order valence-corrected chi connectivity index (χ3v) is 4.09. The van der Waals surface area contributed by atoms with Gasteiger partial charge in [0.15, 0.2) is 0 Å². The van der Waals surface area contributed by atoms with Crippen molar-refractivity contribution in [3.8, 4) is 0 Å². The van der Waals surface area contributed by atoms with Crippen LogP contribution in [-0.4, -0.2) is 40.9 Å². The molecule has 1 atom stereocenters. The van der Waals surface area contributed by atoms with Crippen molar-refractivity contribution in [1.82, 2.24) is 14.7 Å². The number of aromatic nitrogens is 2. The number of hydrogen-bond acceptors (Lipinski definition) is 3. The predicted molar refractivity (Wildman–Crippen MR) is 75.9 cm³/mol. The molecule has 1 aromatic rings. The van der Waals surface area contributed by atoms with Gasteiger partial charge < -0.3 is 10.2 Å². The third kappa shape index (κ3) is 3.05. The first-order valence-electron chi connectivity index (χ1n) is 7.07. The van der Waals surface area contributed by atoms with Gasteiger partial charge in [-0.15, -0.1) is 0 Å². The molecule has 1 aliphatic rings. The first kappa shape index (κ1) is 13.4. The minimum absolute atomic E-state index is 0.535. The van der Waals surface area contributed by atoms with Crippen molar-refractivity contribution >= 4 is 5.69 Å². The maximum atomic E-state index is 4.49. The number of nitrogens with zero attached hydrogens (tertiary/aromatic N) is 3. The molecule has 0 saturated carbocycles. The molecule has 1 fully saturated rings. The van der Waals surface area contributed by atoms with Crippen molar-refractivity contribution in [2.45, 2.75) is 39.2 Å². The van der Waals surface area contributed by atoms with Crippen molar-refractivity contribution in [2.24, 2.45) is 13.0 Å². The minimum Gasteiger partial charge on any atom is -0.380 e. The highest BCUT2D eigenvalue weighted by atomic mass is 15.3. The molecule has 4 heteroatoms. The van der Waals surface area contributed by atoms with E-state index in [4.69, 9.17) is 0 Å². The Kier molecular flexibility index (Phi) is 4.27. The zero-order valence-electron chi connectivity index (χ0n) is 12.1. The van der Waals surface area contributed by atoms with Crippen molar-refractivity contribution in [3.05, 3.63) is 11.9 Å². The summed E-state index contributed by atoms with van der Waals surface area (Å²) in [5.41, 5.74) is 2.39. The molecule has 1 N–H and O–H groups in total. The minimum atomic E-state index is 0.535. The predicted octanol–water partition coefficient (Wildman–Crippen LogP) is 2.12. The van der Waals surface area contributed by atoms with Crippen molar-refractivity contribution in [2.75, 3.05) is 25.5 Å². The molecular formula is C14H26N4. The average molecular weight is 250 g/mol. The summed E-state index contributed by atoms with van der Waals surface area (Å²) < 4.78 is 1.91. The highest BCUT2D eigenvalue weighted by Crippen LogP contribution is 2.24. The normalized spacial score (nSPS) is 20.0. The first-order valence-corrected chi connectivity index (χ1v) is 7.07. The number of aryl methyl sites for hydroxylation is 2. The topological polar surface area (TPSA) is 33.1 Å². The second-order valence-electron chi connectivity index (χ2n) is 5.59. The van der Waals surface area contributed by atoms with Gasteiger partial charge in [-0.1, -0.05) is 6.92 Å². The molecule has 1 saturated heterocycles. The molecule has 0 bridgehead atoms. The van der Waals surface area contributed by atoms with Gasteiger partial charge in [-0.25, -0.2) is 0 Å². The number of hydrogen-bond donors (Lipinski definition) is 1. The lowest BCUT2D eigenvalue weighted by molar-refractivity contribution is 0.208. The molecule has 1 aromatic heterocycles. The van der Waals surface area contributed by atoms with Gasteiger partial charge in [0.2, 0.25) is 0 Å². The molecule has 102 valence electrons. The fraction of sp³-hybridized carbons (Fsp3) is 0.786. The quantitative estimate of drug-likeness (QED) is 0.888. The van der Waals surface area contributed by atoms with Gasteiger partial charge in [-0.3, -0.25) is 4.68 Å². The number of anilines is 1. The lowest BCUT2D eigenvalue weighted by Crippen LogP contribution is -2.37. The van der Waals surface area contributed by atoms with Crippen LogP contribution in [0.3, 0.4) is 0 Å². The zero-order valence-corrected chi connectivity index (χ0v) is 12.1. The van der Waals surface area contributed by atoms with Crippen LogP contribution < -0.4 is 5.32 Å². The molecule has 0 aromatic carbocycles. The van der Waals surface area contributed by atoms with E-state index in [-0.39, 0.29) is 0 Å². The molecule has 18 heavy (non-hydrogen) atoms. The molecule has 4 nitrogen and oxygen atoms in total. The SMILES string of the molecule is CCc1nn(C)cc1NC(C)C1CCN(C)CC1. The number of piperidine rings is 1. The van der Waals surface area contributed by atoms with Crippen LogP contribution >= 0.6 is 0 Å². The van der Waals surface area contributed by atoms with Gasteiger partial charge in [-0.2, -0.15) is 5.10 Å². The molecule has 2 rings (SSSR count). The molecular weight excluding hydrogens is 224 g/mol. The van der Waals surface area contributed by atoms with Crippen LogP contribution in [0.15, 0.2) is 6.20 Å². The third-order valence-electron chi connectivity index (χ3n) is 4.09. The Labute approximate surface area is 110 Å². The van der Waals surface area contributed by atoms with Crippen LogP contribution in [0.4, 0.5) is 5.69 Å². The van der Waals surface area contributed by atoms with Gasteiger partial charge in [0.25, 0.3) is 0 Å². The second-order valence-corrected chi connectivity index (χ2v) is 5.59. The highest BCUT2D eigenvalue weighted by Gasteiger charge is 2.23. The molecule has 0 aliphatic carbocycles. The van der Waals surface area contributed by atoms with Gasteiger partial charge >= 0.3 is 0 Å². The van der Waals surface area contributed by atoms with E-state index in [0.29, 0.717) is 6.04 Å². The Morgan fingerprint density at radius 2 is 2.06 bits per heavy atom. The van der Waals surface area contributed by atoms with E-state index in [1.807, 2.05) is 11.7 Å². The molecule has 2 heterocycles. The van der Waals surface area contributed by atoms with Crippen LogP contribution in [-0.2, 0) is 13.5 Å². The van der Waals surface area contributed by atoms with Crippen molar-refractivity contribution in [3.63, 3.8) is 0 Å². The number of nitrogens with one attached hydrogen (secondary N) is 1. The van der Waals surface area contributed by atoms with Gasteiger partial charge in [0, 0.05) is 19.3 Å². The highest BCUT2D eigenvalue weighted by molar-refractivity contribution is 5.47. The first-order chi connectivity index (χ1) is 8.60. The smallest absolute Gasteiger partial charge is 0.0853 e. The number of likely N-dealkylation sites (tertiary alicyclic amines) is 1. The number of rotatable bonds is 4. The summed E-state index contributed by atoms with van der Waals surface area (Å²) in [4.78, 5) is 2.42. The molecule has 0 radical (unpaired) electrons. The van der Waals surface area contributed by atoms with E-state index in [1.54, 1.807) is 0 Å². The Hall–Kier alpha value is -1.03. The average Bonchev–Trinajstić information content (AvgIpc) is 2.70. The lowest BCUT2D eigenvalue weighted by atomic mass is 9.90. The van der Waals surface area contributed by atoms with Crippen molar-refractivity contribution in [1.29, 1.82) is 0 Å². The summed E-state index contributed by atoms with van der Waals surface area (Å²) in [7, 11) is 4.20. The fourth-order valence-corrected chi connectivity index (χ4v) is 2.81. The largest absolute Gasteiger partial charge is 0.380 e. The zero-order chi connectivity index (χ0) is 13.1. The Morgan fingerprint density at radius 3 is 2.67 bits per heavy atom. The van der Waals surface area contributed by atoms with Gasteiger partial charge in [0.05, 0.1) is 11.4 Å². The summed E-state index contributed by atoms with van der Waals surface area (Å²) in [6.45, 7) is 6.92.